The van der Waals surface area contributed by atoms with Crippen LogP contribution in [0.4, 0.5) is 0 Å². The Morgan fingerprint density at radius 1 is 0.382 bits per heavy atom. The van der Waals surface area contributed by atoms with Crippen molar-refractivity contribution in [3.63, 3.8) is 0 Å². The largest absolute Gasteiger partial charge is 3.00 e. The van der Waals surface area contributed by atoms with Crippen LogP contribution in [0.15, 0.2) is 110 Å². The Balaban J connectivity index is 0.000000141. The Bertz CT molecular complexity index is 1330. The summed E-state index contributed by atoms with van der Waals surface area (Å²) in [6.45, 7) is 0. The van der Waals surface area contributed by atoms with Crippen LogP contribution < -0.4 is 0 Å². The average molecular weight is 603 g/mol. The minimum Gasteiger partial charge on any atom is -0.506 e. The number of aromatic nitrogens is 3. The summed E-state index contributed by atoms with van der Waals surface area (Å²) in [5, 5.41) is 30.8. The normalized spacial score (nSPS) is 9.88. The van der Waals surface area contributed by atoms with E-state index in [0.717, 1.165) is 16.2 Å². The van der Waals surface area contributed by atoms with Crippen molar-refractivity contribution in [3.8, 4) is 17.2 Å². The number of pyridine rings is 3. The van der Waals surface area contributed by atoms with E-state index in [-0.39, 0.29) is 54.6 Å². The molecular weight excluding hydrogens is 582 g/mol. The molecule has 3 heterocycles. The third kappa shape index (κ3) is 6.10. The minimum atomic E-state index is 0. The number of rotatable bonds is 0. The van der Waals surface area contributed by atoms with Gasteiger partial charge in [0.25, 0.3) is 0 Å². The van der Waals surface area contributed by atoms with Crippen LogP contribution in [0.3, 0.4) is 0 Å². The molecule has 3 aromatic heterocycles. The average Bonchev–Trinajstić information content (AvgIpc) is 2.86. The number of phenolic OH excluding ortho intramolecular Hbond substituents is 3. The smallest absolute Gasteiger partial charge is 0.506 e. The van der Waals surface area contributed by atoms with Crippen molar-refractivity contribution < 1.29 is 52.6 Å². The number of aromatic hydroxyl groups is 3. The van der Waals surface area contributed by atoms with Crippen LogP contribution in [-0.2, 0) is 0 Å². The molecule has 0 unspecified atom stereocenters. The van der Waals surface area contributed by atoms with Crippen molar-refractivity contribution in [2.24, 2.45) is 0 Å². The van der Waals surface area contributed by atoms with Gasteiger partial charge in [-0.3, -0.25) is 15.0 Å². The Labute approximate surface area is 225 Å². The minimum absolute atomic E-state index is 0. The second kappa shape index (κ2) is 12.1. The molecule has 0 saturated carbocycles. The maximum atomic E-state index is 9.31. The van der Waals surface area contributed by atoms with Crippen LogP contribution in [0.25, 0.3) is 32.7 Å². The Morgan fingerprint density at radius 2 is 0.647 bits per heavy atom. The number of phenols is 3. The summed E-state index contributed by atoms with van der Waals surface area (Å²) < 4.78 is 0. The molecule has 34 heavy (non-hydrogen) atoms. The molecule has 6 rings (SSSR count). The number of hydrogen-bond donors (Lipinski definition) is 3. The van der Waals surface area contributed by atoms with Gasteiger partial charge in [-0.2, -0.15) is 0 Å². The SMILES string of the molecule is Oc1cccc2cccnc12.Oc1cccc2cccnc12.Oc1cccc2cccnc12.[Er+3]. The quantitative estimate of drug-likeness (QED) is 0.203. The summed E-state index contributed by atoms with van der Waals surface area (Å²) in [5.41, 5.74) is 1.99. The zero-order valence-electron chi connectivity index (χ0n) is 17.9. The molecule has 0 aliphatic heterocycles. The van der Waals surface area contributed by atoms with Gasteiger partial charge in [0.1, 0.15) is 33.8 Å². The Morgan fingerprint density at radius 3 is 0.912 bits per heavy atom. The summed E-state index contributed by atoms with van der Waals surface area (Å²) in [6.07, 6.45) is 5.01. The van der Waals surface area contributed by atoms with Gasteiger partial charge in [0.05, 0.1) is 0 Å². The van der Waals surface area contributed by atoms with Gasteiger partial charge >= 0.3 is 37.3 Å². The van der Waals surface area contributed by atoms with E-state index >= 15 is 0 Å². The standard InChI is InChI=1S/3C9H7NO.Er/c3*11-8-5-1-3-7-4-2-6-10-9(7)8;/h3*1-6,11H;/q;;;+3. The third-order valence-electron chi connectivity index (χ3n) is 4.83. The van der Waals surface area contributed by atoms with E-state index in [1.807, 2.05) is 54.6 Å². The predicted octanol–water partition coefficient (Wildman–Crippen LogP) is 5.82. The summed E-state index contributed by atoms with van der Waals surface area (Å²) in [5.74, 6) is 0.717. The summed E-state index contributed by atoms with van der Waals surface area (Å²) in [7, 11) is 0. The van der Waals surface area contributed by atoms with Gasteiger partial charge in [0.2, 0.25) is 0 Å². The van der Waals surface area contributed by atoms with E-state index < -0.39 is 0 Å². The van der Waals surface area contributed by atoms with Crippen LogP contribution in [0.5, 0.6) is 17.2 Å². The molecule has 6 aromatic rings. The van der Waals surface area contributed by atoms with Crippen LogP contribution in [0.2, 0.25) is 0 Å². The van der Waals surface area contributed by atoms with Crippen LogP contribution in [0, 0.1) is 37.3 Å². The van der Waals surface area contributed by atoms with Crippen molar-refractivity contribution in [2.45, 2.75) is 0 Å². The first-order valence-corrected chi connectivity index (χ1v) is 10.2. The third-order valence-corrected chi connectivity index (χ3v) is 4.83. The van der Waals surface area contributed by atoms with Gasteiger partial charge in [0, 0.05) is 34.7 Å². The maximum Gasteiger partial charge on any atom is 3.00 e. The molecule has 0 spiro atoms. The van der Waals surface area contributed by atoms with Crippen molar-refractivity contribution in [1.82, 2.24) is 15.0 Å². The second-order valence-electron chi connectivity index (χ2n) is 7.06. The molecule has 3 N–H and O–H groups in total. The topological polar surface area (TPSA) is 99.4 Å². The number of hydrogen-bond acceptors (Lipinski definition) is 6. The van der Waals surface area contributed by atoms with E-state index in [1.54, 1.807) is 55.0 Å². The number of fused-ring (bicyclic) bond motifs is 3. The van der Waals surface area contributed by atoms with Gasteiger partial charge in [0.15, 0.2) is 0 Å². The number of para-hydroxylation sites is 3. The summed E-state index contributed by atoms with van der Waals surface area (Å²) >= 11 is 0. The number of nitrogens with zero attached hydrogens (tertiary/aromatic N) is 3. The molecule has 171 valence electrons. The van der Waals surface area contributed by atoms with Crippen molar-refractivity contribution in [3.05, 3.63) is 110 Å². The van der Waals surface area contributed by atoms with Gasteiger partial charge in [-0.15, -0.1) is 0 Å². The first kappa shape index (κ1) is 25.2. The van der Waals surface area contributed by atoms with E-state index in [1.165, 1.54) is 0 Å². The van der Waals surface area contributed by atoms with Gasteiger partial charge in [-0.05, 0) is 36.4 Å². The van der Waals surface area contributed by atoms with Crippen molar-refractivity contribution >= 4 is 32.7 Å². The maximum absolute atomic E-state index is 9.31. The Hall–Kier alpha value is -3.46. The number of benzene rings is 3. The molecule has 0 amide bonds. The molecule has 0 aliphatic carbocycles. The molecule has 6 nitrogen and oxygen atoms in total. The summed E-state index contributed by atoms with van der Waals surface area (Å²) in [6, 6.07) is 27.4. The fraction of sp³-hybridized carbons (Fsp3) is 0. The van der Waals surface area contributed by atoms with Gasteiger partial charge in [-0.25, -0.2) is 0 Å². The van der Waals surface area contributed by atoms with E-state index in [2.05, 4.69) is 15.0 Å². The van der Waals surface area contributed by atoms with Gasteiger partial charge < -0.3 is 15.3 Å². The molecule has 0 bridgehead atoms. The van der Waals surface area contributed by atoms with E-state index in [4.69, 9.17) is 0 Å². The van der Waals surface area contributed by atoms with E-state index in [9.17, 15) is 15.3 Å². The summed E-state index contributed by atoms with van der Waals surface area (Å²) in [4.78, 5) is 12.1. The predicted molar refractivity (Wildman–Crippen MR) is 130 cm³/mol. The fourth-order valence-corrected chi connectivity index (χ4v) is 3.26. The van der Waals surface area contributed by atoms with Crippen molar-refractivity contribution in [1.29, 1.82) is 0 Å². The first-order valence-electron chi connectivity index (χ1n) is 10.2. The van der Waals surface area contributed by atoms with E-state index in [0.29, 0.717) is 16.6 Å². The fourth-order valence-electron chi connectivity index (χ4n) is 3.26. The Kier molecular flexibility index (Phi) is 8.98. The molecule has 3 aromatic carbocycles. The zero-order valence-corrected chi connectivity index (χ0v) is 19.7. The molecule has 0 fully saturated rings. The monoisotopic (exact) mass is 601 g/mol. The molecule has 0 atom stereocenters. The van der Waals surface area contributed by atoms with Crippen LogP contribution >= 0.6 is 0 Å². The second-order valence-corrected chi connectivity index (χ2v) is 7.06. The zero-order chi connectivity index (χ0) is 23.0. The molecule has 0 saturated heterocycles. The van der Waals surface area contributed by atoms with Crippen molar-refractivity contribution in [2.75, 3.05) is 0 Å². The van der Waals surface area contributed by atoms with Crippen LogP contribution in [0.1, 0.15) is 0 Å². The van der Waals surface area contributed by atoms with Gasteiger partial charge in [-0.1, -0.05) is 54.6 Å². The molecule has 0 aliphatic rings. The van der Waals surface area contributed by atoms with Crippen LogP contribution in [-0.4, -0.2) is 30.3 Å². The molecular formula is C27H21ErN3O3+3. The first-order chi connectivity index (χ1) is 16.1. The molecule has 7 heteroatoms. The molecule has 1 radical (unpaired) electrons.